The van der Waals surface area contributed by atoms with Crippen molar-refractivity contribution in [2.75, 3.05) is 0 Å². The van der Waals surface area contributed by atoms with Crippen LogP contribution in [0.5, 0.6) is 0 Å². The van der Waals surface area contributed by atoms with Gasteiger partial charge < -0.3 is 0 Å². The topological polar surface area (TPSA) is 30.7 Å². The molecule has 0 aliphatic carbocycles. The van der Waals surface area contributed by atoms with Gasteiger partial charge in [-0.15, -0.1) is 0 Å². The van der Waals surface area contributed by atoms with Crippen LogP contribution in [0.2, 0.25) is 0 Å². The van der Waals surface area contributed by atoms with Gasteiger partial charge in [0.2, 0.25) is 0 Å². The van der Waals surface area contributed by atoms with Gasteiger partial charge in [-0.25, -0.2) is 9.97 Å². The standard InChI is InChI=1S/C50H29N3/c1-2-14-33-29-34(22-21-30(33)11-1)47-50(51-43-27-24-31-12-3-5-15-35(31)48(43)52-47)53-44-28-26-41-39-19-8-7-17-37(39)38-18-9-10-20-40(38)45(41)46(44)42-25-23-32-13-4-6-16-36(32)49(42)53/h1-29H. The van der Waals surface area contributed by atoms with Gasteiger partial charge >= 0.3 is 0 Å². The Morgan fingerprint density at radius 2 is 0.906 bits per heavy atom. The molecule has 0 atom stereocenters. The van der Waals surface area contributed by atoms with Gasteiger partial charge in [0.05, 0.1) is 22.1 Å². The highest BCUT2D eigenvalue weighted by Gasteiger charge is 2.24. The first-order valence-electron chi connectivity index (χ1n) is 18.2. The Kier molecular flexibility index (Phi) is 5.77. The molecule has 0 radical (unpaired) electrons. The Bertz CT molecular complexity index is 3480. The van der Waals surface area contributed by atoms with E-state index in [0.717, 1.165) is 49.9 Å². The van der Waals surface area contributed by atoms with Gasteiger partial charge in [-0.2, -0.15) is 0 Å². The third kappa shape index (κ3) is 3.99. The first kappa shape index (κ1) is 28.6. The first-order valence-corrected chi connectivity index (χ1v) is 18.2. The largest absolute Gasteiger partial charge is 0.291 e. The lowest BCUT2D eigenvalue weighted by molar-refractivity contribution is 1.09. The summed E-state index contributed by atoms with van der Waals surface area (Å²) in [4.78, 5) is 11.2. The summed E-state index contributed by atoms with van der Waals surface area (Å²) in [6.07, 6.45) is 0. The van der Waals surface area contributed by atoms with E-state index in [0.29, 0.717) is 0 Å². The number of nitrogens with zero attached hydrogens (tertiary/aromatic N) is 3. The van der Waals surface area contributed by atoms with E-state index >= 15 is 0 Å². The lowest BCUT2D eigenvalue weighted by atomic mass is 9.91. The Balaban J connectivity index is 1.32. The van der Waals surface area contributed by atoms with E-state index < -0.39 is 0 Å². The van der Waals surface area contributed by atoms with Crippen molar-refractivity contribution < 1.29 is 0 Å². The molecule has 0 N–H and O–H groups in total. The number of benzene rings is 10. The van der Waals surface area contributed by atoms with Crippen molar-refractivity contribution >= 4 is 97.5 Å². The van der Waals surface area contributed by atoms with Crippen LogP contribution in [0.1, 0.15) is 0 Å². The van der Waals surface area contributed by atoms with Crippen molar-refractivity contribution in [3.05, 3.63) is 176 Å². The Morgan fingerprint density at radius 1 is 0.358 bits per heavy atom. The van der Waals surface area contributed by atoms with Gasteiger partial charge in [0.15, 0.2) is 5.82 Å². The van der Waals surface area contributed by atoms with Crippen LogP contribution in [-0.4, -0.2) is 14.5 Å². The van der Waals surface area contributed by atoms with Crippen LogP contribution >= 0.6 is 0 Å². The highest BCUT2D eigenvalue weighted by molar-refractivity contribution is 6.36. The van der Waals surface area contributed by atoms with E-state index in [4.69, 9.17) is 9.97 Å². The molecule has 12 rings (SSSR count). The maximum absolute atomic E-state index is 5.62. The minimum Gasteiger partial charge on any atom is -0.291 e. The van der Waals surface area contributed by atoms with Crippen molar-refractivity contribution in [3.8, 4) is 17.1 Å². The molecule has 2 heterocycles. The van der Waals surface area contributed by atoms with Crippen LogP contribution in [0.15, 0.2) is 176 Å². The zero-order chi connectivity index (χ0) is 34.6. The van der Waals surface area contributed by atoms with Gasteiger partial charge in [-0.05, 0) is 66.7 Å². The van der Waals surface area contributed by atoms with Gasteiger partial charge in [-0.1, -0.05) is 158 Å². The molecule has 0 saturated carbocycles. The van der Waals surface area contributed by atoms with Crippen LogP contribution in [-0.2, 0) is 0 Å². The van der Waals surface area contributed by atoms with Crippen LogP contribution in [0, 0.1) is 0 Å². The average molecular weight is 672 g/mol. The average Bonchev–Trinajstić information content (AvgIpc) is 3.58. The zero-order valence-corrected chi connectivity index (χ0v) is 28.6. The predicted molar refractivity (Wildman–Crippen MR) is 224 cm³/mol. The van der Waals surface area contributed by atoms with E-state index in [-0.39, 0.29) is 0 Å². The molecule has 10 aromatic carbocycles. The molecule has 0 saturated heterocycles. The second-order valence-electron chi connectivity index (χ2n) is 14.1. The zero-order valence-electron chi connectivity index (χ0n) is 28.6. The van der Waals surface area contributed by atoms with Gasteiger partial charge in [0.25, 0.3) is 0 Å². The molecule has 0 aliphatic rings. The number of aromatic nitrogens is 3. The summed E-state index contributed by atoms with van der Waals surface area (Å²) >= 11 is 0. The highest BCUT2D eigenvalue weighted by Crippen LogP contribution is 2.46. The third-order valence-corrected chi connectivity index (χ3v) is 11.3. The fraction of sp³-hybridized carbons (Fsp3) is 0. The molecule has 0 fully saturated rings. The maximum atomic E-state index is 5.62. The predicted octanol–water partition coefficient (Wildman–Crippen LogP) is 13.3. The fourth-order valence-corrected chi connectivity index (χ4v) is 8.95. The molecule has 53 heavy (non-hydrogen) atoms. The SMILES string of the molecule is c1ccc2cc(-c3nc4c(ccc5ccccc54)nc3-n3c4ccc5c6ccccc6c6ccccc6c5c4c4ccc5ccccc5c43)ccc2c1. The first-order chi connectivity index (χ1) is 26.3. The van der Waals surface area contributed by atoms with Crippen LogP contribution in [0.25, 0.3) is 115 Å². The summed E-state index contributed by atoms with van der Waals surface area (Å²) < 4.78 is 2.41. The van der Waals surface area contributed by atoms with Gasteiger partial charge in [0, 0.05) is 32.5 Å². The second-order valence-corrected chi connectivity index (χ2v) is 14.1. The number of fused-ring (bicyclic) bond motifs is 16. The van der Waals surface area contributed by atoms with Crippen LogP contribution in [0.4, 0.5) is 0 Å². The lowest BCUT2D eigenvalue weighted by Gasteiger charge is -2.16. The van der Waals surface area contributed by atoms with Crippen molar-refractivity contribution in [2.24, 2.45) is 0 Å². The maximum Gasteiger partial charge on any atom is 0.165 e. The minimum absolute atomic E-state index is 0.823. The van der Waals surface area contributed by atoms with Crippen molar-refractivity contribution in [1.29, 1.82) is 0 Å². The van der Waals surface area contributed by atoms with E-state index in [1.165, 1.54) is 64.6 Å². The van der Waals surface area contributed by atoms with E-state index in [2.05, 4.69) is 180 Å². The summed E-state index contributed by atoms with van der Waals surface area (Å²) in [5, 5.41) is 17.0. The number of rotatable bonds is 2. The molecule has 0 unspecified atom stereocenters. The quantitative estimate of drug-likeness (QED) is 0.171. The molecule has 0 aliphatic heterocycles. The van der Waals surface area contributed by atoms with Crippen LogP contribution in [0.3, 0.4) is 0 Å². The Morgan fingerprint density at radius 3 is 1.68 bits per heavy atom. The monoisotopic (exact) mass is 671 g/mol. The third-order valence-electron chi connectivity index (χ3n) is 11.3. The normalized spacial score (nSPS) is 12.2. The molecular weight excluding hydrogens is 643 g/mol. The van der Waals surface area contributed by atoms with Gasteiger partial charge in [0.1, 0.15) is 5.69 Å². The molecule has 3 heteroatoms. The van der Waals surface area contributed by atoms with Crippen LogP contribution < -0.4 is 0 Å². The summed E-state index contributed by atoms with van der Waals surface area (Å²) in [6, 6.07) is 63.6. The minimum atomic E-state index is 0.823. The molecule has 0 bridgehead atoms. The summed E-state index contributed by atoms with van der Waals surface area (Å²) in [6.45, 7) is 0. The van der Waals surface area contributed by atoms with E-state index in [1.807, 2.05) is 0 Å². The summed E-state index contributed by atoms with van der Waals surface area (Å²) in [7, 11) is 0. The van der Waals surface area contributed by atoms with E-state index in [9.17, 15) is 0 Å². The Labute approximate surface area is 304 Å². The highest BCUT2D eigenvalue weighted by atomic mass is 15.1. The molecule has 3 nitrogen and oxygen atoms in total. The van der Waals surface area contributed by atoms with E-state index in [1.54, 1.807) is 0 Å². The van der Waals surface area contributed by atoms with Gasteiger partial charge in [-0.3, -0.25) is 4.57 Å². The van der Waals surface area contributed by atoms with Crippen molar-refractivity contribution in [2.45, 2.75) is 0 Å². The molecule has 244 valence electrons. The summed E-state index contributed by atoms with van der Waals surface area (Å²) in [5.41, 5.74) is 5.92. The molecule has 0 spiro atoms. The van der Waals surface area contributed by atoms with Crippen molar-refractivity contribution in [3.63, 3.8) is 0 Å². The fourth-order valence-electron chi connectivity index (χ4n) is 8.95. The lowest BCUT2D eigenvalue weighted by Crippen LogP contribution is -2.04. The molecule has 0 amide bonds. The smallest absolute Gasteiger partial charge is 0.165 e. The number of hydrogen-bond donors (Lipinski definition) is 0. The molecule has 2 aromatic heterocycles. The summed E-state index contributed by atoms with van der Waals surface area (Å²) in [5.74, 6) is 0.823. The second kappa shape index (κ2) is 10.7. The Hall–Kier alpha value is -7.10. The number of hydrogen-bond acceptors (Lipinski definition) is 2. The molecular formula is C50H29N3. The van der Waals surface area contributed by atoms with Crippen molar-refractivity contribution in [1.82, 2.24) is 14.5 Å². The molecule has 12 aromatic rings.